The average molecular weight is 791 g/mol. The van der Waals surface area contributed by atoms with Crippen LogP contribution in [0.2, 0.25) is 0 Å². The zero-order valence-corrected chi connectivity index (χ0v) is 33.7. The molecule has 0 amide bonds. The van der Waals surface area contributed by atoms with Gasteiger partial charge in [-0.3, -0.25) is 4.57 Å². The summed E-state index contributed by atoms with van der Waals surface area (Å²) in [4.78, 5) is 10.2. The minimum absolute atomic E-state index is 0.698. The van der Waals surface area contributed by atoms with Crippen LogP contribution in [0.15, 0.2) is 231 Å². The van der Waals surface area contributed by atoms with Gasteiger partial charge in [-0.1, -0.05) is 176 Å². The summed E-state index contributed by atoms with van der Waals surface area (Å²) in [5.74, 6) is 1.53. The van der Waals surface area contributed by atoms with Gasteiger partial charge in [-0.05, 0) is 81.9 Å². The Bertz CT molecular complexity index is 3530. The van der Waals surface area contributed by atoms with Crippen molar-refractivity contribution in [3.63, 3.8) is 0 Å². The highest BCUT2D eigenvalue weighted by Crippen LogP contribution is 2.38. The summed E-state index contributed by atoms with van der Waals surface area (Å²) in [6.07, 6.45) is 0. The average Bonchev–Trinajstić information content (AvgIpc) is 3.87. The number of nitrogens with zero attached hydrogens (tertiary/aromatic N) is 4. The molecule has 4 heteroatoms. The van der Waals surface area contributed by atoms with E-state index in [4.69, 9.17) is 9.97 Å². The van der Waals surface area contributed by atoms with E-state index in [1.165, 1.54) is 71.6 Å². The van der Waals surface area contributed by atoms with Crippen molar-refractivity contribution in [2.45, 2.75) is 0 Å². The fourth-order valence-electron chi connectivity index (χ4n) is 9.14. The maximum absolute atomic E-state index is 5.20. The third-order valence-electron chi connectivity index (χ3n) is 12.2. The van der Waals surface area contributed by atoms with Crippen molar-refractivity contribution in [2.24, 2.45) is 0 Å². The van der Waals surface area contributed by atoms with Gasteiger partial charge in [0.05, 0.1) is 27.8 Å². The molecule has 290 valence electrons. The largest absolute Gasteiger partial charge is 0.309 e. The number of fused-ring (bicyclic) bond motifs is 6. The Hall–Kier alpha value is -8.34. The van der Waals surface area contributed by atoms with Crippen LogP contribution in [0.1, 0.15) is 0 Å². The van der Waals surface area contributed by atoms with Crippen LogP contribution in [-0.2, 0) is 0 Å². The van der Waals surface area contributed by atoms with Crippen molar-refractivity contribution in [2.75, 3.05) is 0 Å². The molecule has 3 aromatic heterocycles. The predicted octanol–water partition coefficient (Wildman–Crippen LogP) is 15.0. The molecule has 0 aliphatic carbocycles. The second kappa shape index (κ2) is 14.7. The lowest BCUT2D eigenvalue weighted by atomic mass is 9.97. The van der Waals surface area contributed by atoms with Gasteiger partial charge in [0.25, 0.3) is 0 Å². The van der Waals surface area contributed by atoms with Gasteiger partial charge in [0, 0.05) is 44.4 Å². The third-order valence-corrected chi connectivity index (χ3v) is 12.2. The Morgan fingerprint density at radius 3 is 1.21 bits per heavy atom. The molecule has 12 aromatic rings. The van der Waals surface area contributed by atoms with E-state index in [-0.39, 0.29) is 0 Å². The van der Waals surface area contributed by atoms with E-state index in [0.717, 1.165) is 33.7 Å². The molecule has 12 rings (SSSR count). The number of hydrogen-bond donors (Lipinski definition) is 0. The molecule has 62 heavy (non-hydrogen) atoms. The van der Waals surface area contributed by atoms with Crippen molar-refractivity contribution >= 4 is 43.6 Å². The van der Waals surface area contributed by atoms with E-state index >= 15 is 0 Å². The molecule has 0 spiro atoms. The summed E-state index contributed by atoms with van der Waals surface area (Å²) in [7, 11) is 0. The highest BCUT2D eigenvalue weighted by molar-refractivity contribution is 6.11. The molecule has 0 saturated carbocycles. The highest BCUT2D eigenvalue weighted by atomic mass is 15.1. The summed E-state index contributed by atoms with van der Waals surface area (Å²) in [6.45, 7) is 0. The summed E-state index contributed by atoms with van der Waals surface area (Å²) >= 11 is 0. The van der Waals surface area contributed by atoms with E-state index in [2.05, 4.69) is 215 Å². The van der Waals surface area contributed by atoms with Crippen LogP contribution in [0.5, 0.6) is 0 Å². The third kappa shape index (κ3) is 6.08. The van der Waals surface area contributed by atoms with Gasteiger partial charge in [-0.2, -0.15) is 0 Å². The van der Waals surface area contributed by atoms with Crippen LogP contribution in [-0.4, -0.2) is 19.1 Å². The van der Waals surface area contributed by atoms with E-state index in [1.807, 2.05) is 24.3 Å². The normalized spacial score (nSPS) is 11.5. The first-order valence-corrected chi connectivity index (χ1v) is 21.1. The maximum Gasteiger partial charge on any atom is 0.162 e. The van der Waals surface area contributed by atoms with Crippen LogP contribution < -0.4 is 0 Å². The number of para-hydroxylation sites is 3. The van der Waals surface area contributed by atoms with Gasteiger partial charge in [0.15, 0.2) is 5.82 Å². The highest BCUT2D eigenvalue weighted by Gasteiger charge is 2.18. The molecule has 0 atom stereocenters. The molecule has 0 bridgehead atoms. The van der Waals surface area contributed by atoms with Gasteiger partial charge in [0.2, 0.25) is 0 Å². The lowest BCUT2D eigenvalue weighted by molar-refractivity contribution is 1.05. The first-order valence-electron chi connectivity index (χ1n) is 21.1. The molecule has 4 nitrogen and oxygen atoms in total. The fourth-order valence-corrected chi connectivity index (χ4v) is 9.14. The predicted molar refractivity (Wildman–Crippen MR) is 258 cm³/mol. The fraction of sp³-hybridized carbons (Fsp3) is 0. The van der Waals surface area contributed by atoms with Crippen LogP contribution in [0.4, 0.5) is 0 Å². The Morgan fingerprint density at radius 1 is 0.258 bits per heavy atom. The van der Waals surface area contributed by atoms with Gasteiger partial charge >= 0.3 is 0 Å². The molecule has 0 radical (unpaired) electrons. The van der Waals surface area contributed by atoms with Gasteiger partial charge in [0.1, 0.15) is 5.82 Å². The van der Waals surface area contributed by atoms with E-state index in [0.29, 0.717) is 5.82 Å². The quantitative estimate of drug-likeness (QED) is 0.161. The number of benzene rings is 9. The number of aromatic nitrogens is 4. The van der Waals surface area contributed by atoms with Crippen LogP contribution >= 0.6 is 0 Å². The number of rotatable bonds is 7. The smallest absolute Gasteiger partial charge is 0.162 e. The first-order chi connectivity index (χ1) is 30.7. The van der Waals surface area contributed by atoms with Gasteiger partial charge < -0.3 is 4.57 Å². The molecule has 0 N–H and O–H groups in total. The van der Waals surface area contributed by atoms with Crippen molar-refractivity contribution in [1.29, 1.82) is 0 Å². The topological polar surface area (TPSA) is 35.6 Å². The molecular formula is C58H38N4. The SMILES string of the molecule is c1ccc(-c2cc(-n3c4ccccc4c4cc(-c5ccc(-c6ccc(-c7ccc8c(c7)c7ccccc7n8-c7ccccc7)cc6)cc5)ccc43)nc(-c3ccccc3)n2)cc1. The minimum Gasteiger partial charge on any atom is -0.309 e. The Morgan fingerprint density at radius 2 is 0.661 bits per heavy atom. The molecule has 0 saturated heterocycles. The second-order valence-electron chi connectivity index (χ2n) is 15.8. The van der Waals surface area contributed by atoms with Gasteiger partial charge in [-0.25, -0.2) is 9.97 Å². The zero-order chi connectivity index (χ0) is 41.0. The van der Waals surface area contributed by atoms with Gasteiger partial charge in [-0.15, -0.1) is 0 Å². The molecule has 0 unspecified atom stereocenters. The van der Waals surface area contributed by atoms with Crippen molar-refractivity contribution in [1.82, 2.24) is 19.1 Å². The summed E-state index contributed by atoms with van der Waals surface area (Å²) in [5.41, 5.74) is 15.9. The Kier molecular flexibility index (Phi) is 8.46. The molecular weight excluding hydrogens is 753 g/mol. The van der Waals surface area contributed by atoms with E-state index in [9.17, 15) is 0 Å². The number of hydrogen-bond acceptors (Lipinski definition) is 2. The zero-order valence-electron chi connectivity index (χ0n) is 33.7. The van der Waals surface area contributed by atoms with Crippen molar-refractivity contribution < 1.29 is 0 Å². The summed E-state index contributed by atoms with van der Waals surface area (Å²) in [5, 5.41) is 4.88. The summed E-state index contributed by atoms with van der Waals surface area (Å²) in [6, 6.07) is 82.2. The van der Waals surface area contributed by atoms with Crippen molar-refractivity contribution in [3.05, 3.63) is 231 Å². The molecule has 0 aliphatic rings. The van der Waals surface area contributed by atoms with Crippen LogP contribution in [0.3, 0.4) is 0 Å². The molecule has 3 heterocycles. The maximum atomic E-state index is 5.20. The van der Waals surface area contributed by atoms with Crippen LogP contribution in [0.25, 0.3) is 111 Å². The second-order valence-corrected chi connectivity index (χ2v) is 15.8. The lowest BCUT2D eigenvalue weighted by Crippen LogP contribution is -2.02. The minimum atomic E-state index is 0.698. The van der Waals surface area contributed by atoms with Crippen molar-refractivity contribution in [3.8, 4) is 67.5 Å². The lowest BCUT2D eigenvalue weighted by Gasteiger charge is -2.12. The molecule has 0 fully saturated rings. The Balaban J connectivity index is 0.872. The standard InChI is InChI=1S/C58H38N4/c1-4-14-43(15-5-1)52-38-57(60-58(59-52)44-16-6-2-7-17-44)62-54-23-13-11-21-49(54)51-37-46(33-35-56(51)62)42-30-26-40(27-31-42)39-24-28-41(29-25-39)45-32-34-55-50(36-45)48-20-10-12-22-53(48)61(55)47-18-8-3-9-19-47/h1-38H. The first kappa shape index (κ1) is 35.6. The molecule has 9 aromatic carbocycles. The van der Waals surface area contributed by atoms with E-state index in [1.54, 1.807) is 0 Å². The summed E-state index contributed by atoms with van der Waals surface area (Å²) < 4.78 is 4.64. The van der Waals surface area contributed by atoms with Crippen LogP contribution in [0, 0.1) is 0 Å². The Labute approximate surface area is 359 Å². The van der Waals surface area contributed by atoms with E-state index < -0.39 is 0 Å². The molecule has 0 aliphatic heterocycles. The monoisotopic (exact) mass is 790 g/mol.